The first kappa shape index (κ1) is 15.3. The van der Waals surface area contributed by atoms with Gasteiger partial charge in [-0.15, -0.1) is 0 Å². The van der Waals surface area contributed by atoms with Gasteiger partial charge in [0.05, 0.1) is 11.9 Å². The van der Waals surface area contributed by atoms with Gasteiger partial charge in [-0.1, -0.05) is 13.8 Å². The van der Waals surface area contributed by atoms with E-state index in [9.17, 15) is 0 Å². The zero-order valence-electron chi connectivity index (χ0n) is 11.9. The van der Waals surface area contributed by atoms with Crippen molar-refractivity contribution in [3.05, 3.63) is 24.0 Å². The number of thioether (sulfide) groups is 1. The summed E-state index contributed by atoms with van der Waals surface area (Å²) in [4.78, 5) is 6.65. The maximum absolute atomic E-state index is 4.28. The summed E-state index contributed by atoms with van der Waals surface area (Å²) in [6.07, 6.45) is 7.18. The minimum absolute atomic E-state index is 0.574. The van der Waals surface area contributed by atoms with Crippen LogP contribution in [0.15, 0.2) is 18.5 Å². The molecule has 1 N–H and O–H groups in total. The van der Waals surface area contributed by atoms with E-state index in [-0.39, 0.29) is 0 Å². The van der Waals surface area contributed by atoms with Gasteiger partial charge >= 0.3 is 0 Å². The van der Waals surface area contributed by atoms with E-state index in [2.05, 4.69) is 48.4 Å². The molecule has 0 saturated carbocycles. The first-order valence-electron chi connectivity index (χ1n) is 6.59. The lowest BCUT2D eigenvalue weighted by atomic mass is 10.1. The standard InChI is InChI=1S/C14H25N3S/c1-5-13(11-18-4)17(3)14-10-16-8-7-12(14)9-15-6-2/h7-8,10,13,15H,5-6,9,11H2,1-4H3. The second-order valence-electron chi connectivity index (χ2n) is 4.41. The van der Waals surface area contributed by atoms with Gasteiger partial charge in [0.1, 0.15) is 0 Å². The SMILES string of the molecule is CCNCc1ccncc1N(C)C(CC)CSC. The molecule has 0 radical (unpaired) electrons. The van der Waals surface area contributed by atoms with Crippen molar-refractivity contribution in [2.45, 2.75) is 32.9 Å². The largest absolute Gasteiger partial charge is 0.369 e. The number of rotatable bonds is 8. The van der Waals surface area contributed by atoms with Crippen LogP contribution in [0.2, 0.25) is 0 Å². The van der Waals surface area contributed by atoms with Gasteiger partial charge in [0.15, 0.2) is 0 Å². The molecule has 1 heterocycles. The first-order valence-corrected chi connectivity index (χ1v) is 7.99. The quantitative estimate of drug-likeness (QED) is 0.784. The van der Waals surface area contributed by atoms with E-state index in [1.54, 1.807) is 0 Å². The third-order valence-electron chi connectivity index (χ3n) is 3.21. The number of hydrogen-bond acceptors (Lipinski definition) is 4. The Kier molecular flexibility index (Phi) is 7.13. The summed E-state index contributed by atoms with van der Waals surface area (Å²) in [6, 6.07) is 2.69. The van der Waals surface area contributed by atoms with E-state index in [0.29, 0.717) is 6.04 Å². The molecule has 102 valence electrons. The molecule has 0 fully saturated rings. The van der Waals surface area contributed by atoms with Crippen molar-refractivity contribution in [2.75, 3.05) is 30.5 Å². The number of nitrogens with zero attached hydrogens (tertiary/aromatic N) is 2. The molecular formula is C14H25N3S. The van der Waals surface area contributed by atoms with Gasteiger partial charge in [0.25, 0.3) is 0 Å². The summed E-state index contributed by atoms with van der Waals surface area (Å²) in [5, 5.41) is 3.39. The van der Waals surface area contributed by atoms with Crippen LogP contribution in [0.5, 0.6) is 0 Å². The zero-order valence-corrected chi connectivity index (χ0v) is 12.8. The summed E-state index contributed by atoms with van der Waals surface area (Å²) >= 11 is 1.90. The lowest BCUT2D eigenvalue weighted by Gasteiger charge is -2.30. The molecule has 1 aromatic rings. The van der Waals surface area contributed by atoms with E-state index in [1.807, 2.05) is 24.2 Å². The van der Waals surface area contributed by atoms with Crippen LogP contribution in [0.25, 0.3) is 0 Å². The Morgan fingerprint density at radius 1 is 1.44 bits per heavy atom. The first-order chi connectivity index (χ1) is 8.74. The highest BCUT2D eigenvalue weighted by atomic mass is 32.2. The molecule has 0 aliphatic heterocycles. The van der Waals surface area contributed by atoms with E-state index in [1.165, 1.54) is 11.3 Å². The Balaban J connectivity index is 2.85. The van der Waals surface area contributed by atoms with Gasteiger partial charge in [-0.25, -0.2) is 0 Å². The molecule has 0 aliphatic rings. The Morgan fingerprint density at radius 2 is 2.22 bits per heavy atom. The topological polar surface area (TPSA) is 28.2 Å². The van der Waals surface area contributed by atoms with E-state index in [4.69, 9.17) is 0 Å². The van der Waals surface area contributed by atoms with Crippen molar-refractivity contribution in [2.24, 2.45) is 0 Å². The molecule has 0 aromatic carbocycles. The molecule has 0 spiro atoms. The monoisotopic (exact) mass is 267 g/mol. The van der Waals surface area contributed by atoms with Crippen molar-refractivity contribution < 1.29 is 0 Å². The molecular weight excluding hydrogens is 242 g/mol. The van der Waals surface area contributed by atoms with Gasteiger partial charge in [0, 0.05) is 31.6 Å². The third-order valence-corrected chi connectivity index (χ3v) is 3.93. The zero-order chi connectivity index (χ0) is 13.4. The summed E-state index contributed by atoms with van der Waals surface area (Å²) in [6.45, 7) is 6.28. The van der Waals surface area contributed by atoms with E-state index < -0.39 is 0 Å². The number of hydrogen-bond donors (Lipinski definition) is 1. The van der Waals surface area contributed by atoms with Crippen molar-refractivity contribution in [1.29, 1.82) is 0 Å². The Labute approximate surface area is 115 Å². The second-order valence-corrected chi connectivity index (χ2v) is 5.32. The van der Waals surface area contributed by atoms with Crippen LogP contribution in [-0.2, 0) is 6.54 Å². The maximum atomic E-state index is 4.28. The molecule has 1 unspecified atom stereocenters. The highest BCUT2D eigenvalue weighted by Crippen LogP contribution is 2.22. The third kappa shape index (κ3) is 4.18. The van der Waals surface area contributed by atoms with Gasteiger partial charge in [-0.2, -0.15) is 11.8 Å². The lowest BCUT2D eigenvalue weighted by Crippen LogP contribution is -2.34. The fraction of sp³-hybridized carbons (Fsp3) is 0.643. The highest BCUT2D eigenvalue weighted by Gasteiger charge is 2.15. The molecule has 1 aromatic heterocycles. The molecule has 0 aliphatic carbocycles. The van der Waals surface area contributed by atoms with E-state index in [0.717, 1.165) is 25.3 Å². The van der Waals surface area contributed by atoms with Crippen molar-refractivity contribution >= 4 is 17.4 Å². The minimum Gasteiger partial charge on any atom is -0.369 e. The highest BCUT2D eigenvalue weighted by molar-refractivity contribution is 7.98. The number of pyridine rings is 1. The summed E-state index contributed by atoms with van der Waals surface area (Å²) < 4.78 is 0. The van der Waals surface area contributed by atoms with E-state index >= 15 is 0 Å². The van der Waals surface area contributed by atoms with Crippen LogP contribution in [0.1, 0.15) is 25.8 Å². The van der Waals surface area contributed by atoms with Crippen LogP contribution in [0, 0.1) is 0 Å². The van der Waals surface area contributed by atoms with Crippen LogP contribution in [-0.4, -0.2) is 36.6 Å². The normalized spacial score (nSPS) is 12.4. The molecule has 0 bridgehead atoms. The minimum atomic E-state index is 0.574. The Morgan fingerprint density at radius 3 is 2.83 bits per heavy atom. The molecule has 3 nitrogen and oxygen atoms in total. The van der Waals surface area contributed by atoms with Crippen LogP contribution < -0.4 is 10.2 Å². The number of nitrogens with one attached hydrogen (secondary N) is 1. The van der Waals surface area contributed by atoms with Gasteiger partial charge < -0.3 is 10.2 Å². The second kappa shape index (κ2) is 8.38. The molecule has 0 amide bonds. The summed E-state index contributed by atoms with van der Waals surface area (Å²) in [7, 11) is 2.18. The Hall–Kier alpha value is -0.740. The maximum Gasteiger partial charge on any atom is 0.0598 e. The molecule has 1 atom stereocenters. The van der Waals surface area contributed by atoms with Gasteiger partial charge in [0.2, 0.25) is 0 Å². The molecule has 18 heavy (non-hydrogen) atoms. The predicted octanol–water partition coefficient (Wildman–Crippen LogP) is 2.77. The Bertz CT molecular complexity index is 344. The summed E-state index contributed by atoms with van der Waals surface area (Å²) in [5.74, 6) is 1.16. The van der Waals surface area contributed by atoms with Crippen LogP contribution in [0.3, 0.4) is 0 Å². The smallest absolute Gasteiger partial charge is 0.0598 e. The average Bonchev–Trinajstić information content (AvgIpc) is 2.42. The average molecular weight is 267 g/mol. The summed E-state index contributed by atoms with van der Waals surface area (Å²) in [5.41, 5.74) is 2.58. The fourth-order valence-electron chi connectivity index (χ4n) is 2.03. The number of aromatic nitrogens is 1. The van der Waals surface area contributed by atoms with Crippen molar-refractivity contribution in [3.8, 4) is 0 Å². The predicted molar refractivity (Wildman–Crippen MR) is 82.5 cm³/mol. The van der Waals surface area contributed by atoms with Gasteiger partial charge in [-0.05, 0) is 30.9 Å². The fourth-order valence-corrected chi connectivity index (χ4v) is 2.88. The van der Waals surface area contributed by atoms with Gasteiger partial charge in [-0.3, -0.25) is 4.98 Å². The van der Waals surface area contributed by atoms with Crippen molar-refractivity contribution in [1.82, 2.24) is 10.3 Å². The molecule has 4 heteroatoms. The van der Waals surface area contributed by atoms with Crippen LogP contribution >= 0.6 is 11.8 Å². The lowest BCUT2D eigenvalue weighted by molar-refractivity contribution is 0.661. The molecule has 1 rings (SSSR count). The number of anilines is 1. The molecule has 0 saturated heterocycles. The van der Waals surface area contributed by atoms with Crippen LogP contribution in [0.4, 0.5) is 5.69 Å². The van der Waals surface area contributed by atoms with Crippen molar-refractivity contribution in [3.63, 3.8) is 0 Å².